The van der Waals surface area contributed by atoms with Crippen molar-refractivity contribution in [1.29, 1.82) is 0 Å². The van der Waals surface area contributed by atoms with Gasteiger partial charge in [0.2, 0.25) is 0 Å². The molecule has 230 valence electrons. The summed E-state index contributed by atoms with van der Waals surface area (Å²) in [5.74, 6) is 0.496. The van der Waals surface area contributed by atoms with Gasteiger partial charge in [0.1, 0.15) is 12.4 Å². The third-order valence-corrected chi connectivity index (χ3v) is 9.50. The molecule has 4 heterocycles. The molecule has 3 aliphatic rings. The number of ether oxygens (including phenoxy) is 1. The fourth-order valence-electron chi connectivity index (χ4n) is 7.00. The number of carbonyl (C=O) groups is 1. The highest BCUT2D eigenvalue weighted by Crippen LogP contribution is 2.33. The van der Waals surface area contributed by atoms with E-state index >= 15 is 0 Å². The summed E-state index contributed by atoms with van der Waals surface area (Å²) in [7, 11) is 0. The molecule has 8 nitrogen and oxygen atoms in total. The number of nitrogens with one attached hydrogen (secondary N) is 2. The molecule has 0 unspecified atom stereocenters. The van der Waals surface area contributed by atoms with Gasteiger partial charge >= 0.3 is 6.09 Å². The maximum atomic E-state index is 13.4. The summed E-state index contributed by atoms with van der Waals surface area (Å²) in [5.41, 5.74) is 7.03. The summed E-state index contributed by atoms with van der Waals surface area (Å²) in [6.45, 7) is 1.84. The van der Waals surface area contributed by atoms with Crippen molar-refractivity contribution in [3.05, 3.63) is 118 Å². The largest absolute Gasteiger partial charge is 0.445 e. The van der Waals surface area contributed by atoms with E-state index in [0.717, 1.165) is 47.9 Å². The van der Waals surface area contributed by atoms with E-state index in [2.05, 4.69) is 46.7 Å². The van der Waals surface area contributed by atoms with E-state index in [1.165, 1.54) is 35.1 Å². The predicted octanol–water partition coefficient (Wildman–Crippen LogP) is 7.15. The van der Waals surface area contributed by atoms with Crippen molar-refractivity contribution >= 4 is 39.1 Å². The fraction of sp³-hybridized carbons (Fsp3) is 0.263. The van der Waals surface area contributed by atoms with Crippen LogP contribution in [-0.2, 0) is 11.3 Å². The third kappa shape index (κ3) is 5.49. The van der Waals surface area contributed by atoms with Gasteiger partial charge in [-0.25, -0.2) is 9.78 Å². The molecule has 1 aromatic heterocycles. The van der Waals surface area contributed by atoms with Gasteiger partial charge in [0, 0.05) is 30.9 Å². The maximum absolute atomic E-state index is 13.4. The Bertz CT molecular complexity index is 2080. The van der Waals surface area contributed by atoms with Gasteiger partial charge in [0.15, 0.2) is 0 Å². The number of aromatic nitrogens is 2. The SMILES string of the molecule is O=C(OCc1ccccc1)N1CCC[C@H]1c1nc2ccc(-c3ccc4cc(C5=CN=C([C@@H]6CCCN6)C5)ccc4c3)cc2c(=O)[nH]1. The number of H-pyrrole nitrogens is 1. The molecule has 0 radical (unpaired) electrons. The van der Waals surface area contributed by atoms with E-state index in [1.54, 1.807) is 4.90 Å². The molecule has 1 amide bonds. The van der Waals surface area contributed by atoms with E-state index in [9.17, 15) is 9.59 Å². The second-order valence-corrected chi connectivity index (χ2v) is 12.5. The van der Waals surface area contributed by atoms with Gasteiger partial charge in [-0.05, 0) is 95.1 Å². The molecule has 2 saturated heterocycles. The molecule has 0 bridgehead atoms. The average molecular weight is 610 g/mol. The molecule has 2 fully saturated rings. The Kier molecular flexibility index (Phi) is 7.42. The first-order valence-corrected chi connectivity index (χ1v) is 16.1. The lowest BCUT2D eigenvalue weighted by molar-refractivity contribution is 0.0908. The second kappa shape index (κ2) is 12.0. The lowest BCUT2D eigenvalue weighted by Gasteiger charge is -2.23. The Balaban J connectivity index is 0.999. The monoisotopic (exact) mass is 609 g/mol. The first kappa shape index (κ1) is 28.4. The van der Waals surface area contributed by atoms with Crippen LogP contribution in [0.5, 0.6) is 0 Å². The first-order chi connectivity index (χ1) is 22.6. The smallest absolute Gasteiger partial charge is 0.410 e. The van der Waals surface area contributed by atoms with Gasteiger partial charge in [-0.3, -0.25) is 14.7 Å². The lowest BCUT2D eigenvalue weighted by atomic mass is 9.95. The van der Waals surface area contributed by atoms with Crippen LogP contribution in [0.1, 0.15) is 55.1 Å². The van der Waals surface area contributed by atoms with Crippen molar-refractivity contribution in [2.24, 2.45) is 4.99 Å². The van der Waals surface area contributed by atoms with Crippen molar-refractivity contribution in [2.75, 3.05) is 13.1 Å². The topological polar surface area (TPSA) is 99.7 Å². The molecule has 2 atom stereocenters. The van der Waals surface area contributed by atoms with E-state index in [1.807, 2.05) is 54.7 Å². The molecular formula is C38H35N5O3. The molecule has 0 aliphatic carbocycles. The number of likely N-dealkylation sites (tertiary alicyclic amines) is 1. The summed E-state index contributed by atoms with van der Waals surface area (Å²) >= 11 is 0. The highest BCUT2D eigenvalue weighted by Gasteiger charge is 2.33. The van der Waals surface area contributed by atoms with Crippen LogP contribution in [0, 0.1) is 0 Å². The van der Waals surface area contributed by atoms with Gasteiger partial charge in [-0.15, -0.1) is 0 Å². The normalized spacial score (nSPS) is 19.5. The summed E-state index contributed by atoms with van der Waals surface area (Å²) in [6, 6.07) is 28.5. The fourth-order valence-corrected chi connectivity index (χ4v) is 7.00. The number of amides is 1. The minimum absolute atomic E-state index is 0.204. The van der Waals surface area contributed by atoms with Gasteiger partial charge in [0.05, 0.1) is 16.9 Å². The summed E-state index contributed by atoms with van der Waals surface area (Å²) < 4.78 is 5.59. The number of nitrogens with zero attached hydrogens (tertiary/aromatic N) is 3. The number of hydrogen-bond acceptors (Lipinski definition) is 6. The predicted molar refractivity (Wildman–Crippen MR) is 182 cm³/mol. The van der Waals surface area contributed by atoms with Crippen molar-refractivity contribution < 1.29 is 9.53 Å². The standard InChI is InChI=1S/C38H35N5O3/c44-37-31-20-29(27-11-10-26-19-28(13-12-25(26)18-27)30-21-34(40-22-30)33-8-4-16-39-33)14-15-32(31)41-36(42-37)35-9-5-17-43(35)38(45)46-23-24-6-2-1-3-7-24/h1-3,6-7,10-15,18-20,22,33,35,39H,4-5,8-9,16-17,21,23H2,(H,41,42,44)/t33-,35-/m0/s1. The molecule has 5 aromatic rings. The molecule has 3 aliphatic heterocycles. The van der Waals surface area contributed by atoms with Crippen LogP contribution in [0.3, 0.4) is 0 Å². The van der Waals surface area contributed by atoms with Gasteiger partial charge < -0.3 is 15.0 Å². The highest BCUT2D eigenvalue weighted by atomic mass is 16.6. The molecule has 0 spiro atoms. The van der Waals surface area contributed by atoms with E-state index < -0.39 is 6.09 Å². The first-order valence-electron chi connectivity index (χ1n) is 16.1. The Morgan fingerprint density at radius 3 is 2.50 bits per heavy atom. The van der Waals surface area contributed by atoms with Crippen LogP contribution in [0.15, 0.2) is 101 Å². The Morgan fingerprint density at radius 2 is 1.67 bits per heavy atom. The molecule has 2 N–H and O–H groups in total. The molecular weight excluding hydrogens is 574 g/mol. The Labute approximate surface area is 266 Å². The van der Waals surface area contributed by atoms with E-state index in [-0.39, 0.29) is 18.2 Å². The number of carbonyl (C=O) groups excluding carboxylic acids is 1. The van der Waals surface area contributed by atoms with Gasteiger partial charge in [-0.1, -0.05) is 60.7 Å². The van der Waals surface area contributed by atoms with E-state index in [0.29, 0.717) is 29.3 Å². The molecule has 8 heteroatoms. The van der Waals surface area contributed by atoms with Crippen molar-refractivity contribution in [3.63, 3.8) is 0 Å². The van der Waals surface area contributed by atoms with Gasteiger partial charge in [-0.2, -0.15) is 0 Å². The lowest BCUT2D eigenvalue weighted by Crippen LogP contribution is -2.32. The summed E-state index contributed by atoms with van der Waals surface area (Å²) in [6.07, 6.45) is 6.46. The zero-order chi connectivity index (χ0) is 31.0. The molecule has 8 rings (SSSR count). The van der Waals surface area contributed by atoms with Crippen molar-refractivity contribution in [3.8, 4) is 11.1 Å². The zero-order valence-corrected chi connectivity index (χ0v) is 25.5. The minimum Gasteiger partial charge on any atom is -0.445 e. The van der Waals surface area contributed by atoms with Crippen LogP contribution < -0.4 is 10.9 Å². The number of benzene rings is 4. The average Bonchev–Trinajstić information content (AvgIpc) is 3.90. The number of allylic oxidation sites excluding steroid dienone is 1. The van der Waals surface area contributed by atoms with Gasteiger partial charge in [0.25, 0.3) is 5.56 Å². The Hall–Kier alpha value is -5.08. The van der Waals surface area contributed by atoms with Crippen molar-refractivity contribution in [1.82, 2.24) is 20.2 Å². The molecule has 4 aromatic carbocycles. The number of fused-ring (bicyclic) bond motifs is 2. The van der Waals surface area contributed by atoms with Crippen LogP contribution >= 0.6 is 0 Å². The Morgan fingerprint density at radius 1 is 0.891 bits per heavy atom. The van der Waals surface area contributed by atoms with Crippen LogP contribution in [-0.4, -0.2) is 45.8 Å². The maximum Gasteiger partial charge on any atom is 0.410 e. The number of rotatable bonds is 6. The van der Waals surface area contributed by atoms with Crippen LogP contribution in [0.25, 0.3) is 38.4 Å². The number of aromatic amines is 1. The quantitative estimate of drug-likeness (QED) is 0.213. The van der Waals surface area contributed by atoms with Crippen LogP contribution in [0.2, 0.25) is 0 Å². The number of aliphatic imine (C=N–C) groups is 1. The highest BCUT2D eigenvalue weighted by molar-refractivity contribution is 6.02. The van der Waals surface area contributed by atoms with Crippen LogP contribution in [0.4, 0.5) is 4.79 Å². The number of hydrogen-bond donors (Lipinski definition) is 2. The zero-order valence-electron chi connectivity index (χ0n) is 25.5. The third-order valence-electron chi connectivity index (χ3n) is 9.50. The van der Waals surface area contributed by atoms with Crippen molar-refractivity contribution in [2.45, 2.75) is 50.8 Å². The molecule has 46 heavy (non-hydrogen) atoms. The summed E-state index contributed by atoms with van der Waals surface area (Å²) in [5, 5.41) is 6.39. The molecule has 0 saturated carbocycles. The second-order valence-electron chi connectivity index (χ2n) is 12.5. The van der Waals surface area contributed by atoms with E-state index in [4.69, 9.17) is 14.7 Å². The minimum atomic E-state index is -0.396. The summed E-state index contributed by atoms with van der Waals surface area (Å²) in [4.78, 5) is 40.5.